The molecule has 0 heterocycles. The van der Waals surface area contributed by atoms with Crippen molar-refractivity contribution in [2.24, 2.45) is 0 Å². The van der Waals surface area contributed by atoms with Crippen LogP contribution in [0.4, 0.5) is 4.79 Å². The van der Waals surface area contributed by atoms with E-state index in [0.29, 0.717) is 0 Å². The molecule has 2 rings (SSSR count). The first kappa shape index (κ1) is 18.0. The summed E-state index contributed by atoms with van der Waals surface area (Å²) in [4.78, 5) is 24.1. The number of carbonyl (C=O) groups is 2. The average molecular weight is 338 g/mol. The Morgan fingerprint density at radius 1 is 0.960 bits per heavy atom. The van der Waals surface area contributed by atoms with Crippen LogP contribution in [-0.2, 0) is 27.3 Å². The fraction of sp³-hybridized carbons (Fsp3) is 0.211. The molecule has 1 atom stereocenters. The van der Waals surface area contributed by atoms with Gasteiger partial charge in [0.2, 0.25) is 0 Å². The maximum atomic E-state index is 12.1. The van der Waals surface area contributed by atoms with E-state index in [4.69, 9.17) is 14.7 Å². The van der Waals surface area contributed by atoms with E-state index in [1.165, 1.54) is 0 Å². The predicted octanol–water partition coefficient (Wildman–Crippen LogP) is 2.59. The third-order valence-electron chi connectivity index (χ3n) is 3.35. The largest absolute Gasteiger partial charge is 0.449 e. The van der Waals surface area contributed by atoms with Crippen molar-refractivity contribution in [1.82, 2.24) is 5.32 Å². The highest BCUT2D eigenvalue weighted by Crippen LogP contribution is 2.06. The Morgan fingerprint density at radius 2 is 1.56 bits per heavy atom. The number of hydrogen-bond acceptors (Lipinski definition) is 5. The summed E-state index contributed by atoms with van der Waals surface area (Å²) in [5, 5.41) is 11.0. The van der Waals surface area contributed by atoms with E-state index in [9.17, 15) is 9.59 Å². The smallest absolute Gasteiger partial charge is 0.408 e. The van der Waals surface area contributed by atoms with Crippen molar-refractivity contribution in [3.8, 4) is 6.07 Å². The first-order chi connectivity index (χ1) is 12.2. The highest BCUT2D eigenvalue weighted by Gasteiger charge is 2.23. The number of amides is 1. The molecule has 0 aliphatic carbocycles. The summed E-state index contributed by atoms with van der Waals surface area (Å²) in [6.07, 6.45) is -0.482. The van der Waals surface area contributed by atoms with Gasteiger partial charge in [0.15, 0.2) is 6.61 Å². The quantitative estimate of drug-likeness (QED) is 0.784. The van der Waals surface area contributed by atoms with Gasteiger partial charge in [-0.2, -0.15) is 5.26 Å². The van der Waals surface area contributed by atoms with Crippen LogP contribution >= 0.6 is 0 Å². The first-order valence-electron chi connectivity index (χ1n) is 7.74. The highest BCUT2D eigenvalue weighted by atomic mass is 16.6. The minimum Gasteiger partial charge on any atom is -0.449 e. The van der Waals surface area contributed by atoms with E-state index in [0.717, 1.165) is 11.1 Å². The van der Waals surface area contributed by atoms with Crippen molar-refractivity contribution < 1.29 is 19.1 Å². The molecular weight excluding hydrogens is 320 g/mol. The molecule has 0 aliphatic heterocycles. The van der Waals surface area contributed by atoms with Gasteiger partial charge in [0.1, 0.15) is 18.7 Å². The van der Waals surface area contributed by atoms with Crippen LogP contribution in [0.25, 0.3) is 0 Å². The van der Waals surface area contributed by atoms with Gasteiger partial charge in [-0.3, -0.25) is 0 Å². The normalized spacial score (nSPS) is 11.0. The Kier molecular flexibility index (Phi) is 7.01. The number of nitriles is 1. The molecule has 0 saturated heterocycles. The second-order valence-electron chi connectivity index (χ2n) is 5.21. The number of ether oxygens (including phenoxy) is 2. The molecule has 128 valence electrons. The fourth-order valence-electron chi connectivity index (χ4n) is 2.15. The zero-order valence-electron chi connectivity index (χ0n) is 13.6. The van der Waals surface area contributed by atoms with Gasteiger partial charge < -0.3 is 14.8 Å². The summed E-state index contributed by atoms with van der Waals surface area (Å²) < 4.78 is 9.95. The Morgan fingerprint density at radius 3 is 2.16 bits per heavy atom. The van der Waals surface area contributed by atoms with Gasteiger partial charge >= 0.3 is 12.1 Å². The van der Waals surface area contributed by atoms with Gasteiger partial charge in [0.25, 0.3) is 0 Å². The standard InChI is InChI=1S/C19H18N2O4/c20-11-12-24-18(22)17(13-15-7-3-1-4-8-15)21-19(23)25-14-16-9-5-2-6-10-16/h1-10,17H,12-14H2,(H,21,23)/t17-/m1/s1. The van der Waals surface area contributed by atoms with Crippen LogP contribution in [-0.4, -0.2) is 24.7 Å². The average Bonchev–Trinajstić information content (AvgIpc) is 2.65. The van der Waals surface area contributed by atoms with Crippen LogP contribution in [0.3, 0.4) is 0 Å². The lowest BCUT2D eigenvalue weighted by molar-refractivity contribution is -0.144. The van der Waals surface area contributed by atoms with Crippen LogP contribution in [0.5, 0.6) is 0 Å². The third-order valence-corrected chi connectivity index (χ3v) is 3.35. The van der Waals surface area contributed by atoms with Gasteiger partial charge in [-0.1, -0.05) is 60.7 Å². The zero-order chi connectivity index (χ0) is 17.9. The molecule has 0 bridgehead atoms. The summed E-state index contributed by atoms with van der Waals surface area (Å²) in [5.41, 5.74) is 1.69. The Labute approximate surface area is 146 Å². The third kappa shape index (κ3) is 6.36. The van der Waals surface area contributed by atoms with Crippen molar-refractivity contribution in [2.45, 2.75) is 19.1 Å². The van der Waals surface area contributed by atoms with Gasteiger partial charge in [-0.25, -0.2) is 9.59 Å². The number of nitrogens with zero attached hydrogens (tertiary/aromatic N) is 1. The molecule has 0 saturated carbocycles. The Bertz CT molecular complexity index is 726. The van der Waals surface area contributed by atoms with Crippen LogP contribution in [0.1, 0.15) is 11.1 Å². The second-order valence-corrected chi connectivity index (χ2v) is 5.21. The number of carbonyl (C=O) groups excluding carboxylic acids is 2. The van der Waals surface area contributed by atoms with Crippen LogP contribution in [0, 0.1) is 11.3 Å². The molecule has 0 unspecified atom stereocenters. The molecular formula is C19H18N2O4. The fourth-order valence-corrected chi connectivity index (χ4v) is 2.15. The summed E-state index contributed by atoms with van der Waals surface area (Å²) in [6.45, 7) is -0.275. The van der Waals surface area contributed by atoms with E-state index in [-0.39, 0.29) is 19.6 Å². The lowest BCUT2D eigenvalue weighted by Gasteiger charge is -2.17. The van der Waals surface area contributed by atoms with Gasteiger partial charge in [0.05, 0.1) is 0 Å². The summed E-state index contributed by atoms with van der Waals surface area (Å²) >= 11 is 0. The number of esters is 1. The Balaban J connectivity index is 1.95. The molecule has 2 aromatic rings. The maximum Gasteiger partial charge on any atom is 0.408 e. The van der Waals surface area contributed by atoms with E-state index < -0.39 is 18.1 Å². The zero-order valence-corrected chi connectivity index (χ0v) is 13.6. The van der Waals surface area contributed by atoms with Crippen molar-refractivity contribution in [2.75, 3.05) is 6.61 Å². The minimum atomic E-state index is -0.931. The first-order valence-corrected chi connectivity index (χ1v) is 7.74. The predicted molar refractivity (Wildman–Crippen MR) is 90.3 cm³/mol. The number of benzene rings is 2. The monoisotopic (exact) mass is 338 g/mol. The molecule has 25 heavy (non-hydrogen) atoms. The molecule has 0 aromatic heterocycles. The number of alkyl carbamates (subject to hydrolysis) is 1. The van der Waals surface area contributed by atoms with Crippen molar-refractivity contribution in [3.05, 3.63) is 71.8 Å². The van der Waals surface area contributed by atoms with Gasteiger partial charge in [0, 0.05) is 6.42 Å². The van der Waals surface area contributed by atoms with Gasteiger partial charge in [-0.15, -0.1) is 0 Å². The number of rotatable bonds is 7. The summed E-state index contributed by atoms with van der Waals surface area (Å²) in [6, 6.07) is 19.2. The van der Waals surface area contributed by atoms with Crippen LogP contribution in [0.15, 0.2) is 60.7 Å². The van der Waals surface area contributed by atoms with E-state index in [1.54, 1.807) is 6.07 Å². The molecule has 1 N–H and O–H groups in total. The molecule has 2 aromatic carbocycles. The molecule has 1 amide bonds. The van der Waals surface area contributed by atoms with E-state index in [2.05, 4.69) is 5.32 Å². The van der Waals surface area contributed by atoms with Crippen LogP contribution in [0.2, 0.25) is 0 Å². The topological polar surface area (TPSA) is 88.4 Å². The lowest BCUT2D eigenvalue weighted by Crippen LogP contribution is -2.43. The maximum absolute atomic E-state index is 12.1. The minimum absolute atomic E-state index is 0.0952. The number of hydrogen-bond donors (Lipinski definition) is 1. The summed E-state index contributed by atoms with van der Waals surface area (Å²) in [5.74, 6) is -0.679. The second kappa shape index (κ2) is 9.73. The van der Waals surface area contributed by atoms with Crippen molar-refractivity contribution in [3.63, 3.8) is 0 Å². The highest BCUT2D eigenvalue weighted by molar-refractivity contribution is 5.81. The number of nitrogens with one attached hydrogen (secondary N) is 1. The molecule has 6 heteroatoms. The van der Waals surface area contributed by atoms with Crippen molar-refractivity contribution >= 4 is 12.1 Å². The summed E-state index contributed by atoms with van der Waals surface area (Å²) in [7, 11) is 0. The molecule has 6 nitrogen and oxygen atoms in total. The molecule has 0 fully saturated rings. The van der Waals surface area contributed by atoms with Gasteiger partial charge in [-0.05, 0) is 11.1 Å². The SMILES string of the molecule is N#CCOC(=O)[C@@H](Cc1ccccc1)NC(=O)OCc1ccccc1. The lowest BCUT2D eigenvalue weighted by atomic mass is 10.1. The molecule has 0 spiro atoms. The Hall–Kier alpha value is -3.33. The van der Waals surface area contributed by atoms with Crippen molar-refractivity contribution in [1.29, 1.82) is 5.26 Å². The molecule has 0 radical (unpaired) electrons. The molecule has 0 aliphatic rings. The van der Waals surface area contributed by atoms with Crippen LogP contribution < -0.4 is 5.32 Å². The van der Waals surface area contributed by atoms with E-state index in [1.807, 2.05) is 60.7 Å². The van der Waals surface area contributed by atoms with E-state index >= 15 is 0 Å².